The van der Waals surface area contributed by atoms with Crippen molar-refractivity contribution in [2.45, 2.75) is 6.92 Å². The minimum absolute atomic E-state index is 0.0606. The second-order valence-electron chi connectivity index (χ2n) is 6.81. The van der Waals surface area contributed by atoms with Crippen LogP contribution in [0.25, 0.3) is 28.1 Å². The van der Waals surface area contributed by atoms with Crippen molar-refractivity contribution in [3.8, 4) is 11.5 Å². The van der Waals surface area contributed by atoms with E-state index in [9.17, 15) is 4.79 Å². The Morgan fingerprint density at radius 1 is 1.15 bits per heavy atom. The van der Waals surface area contributed by atoms with Gasteiger partial charge in [0.05, 0.1) is 17.3 Å². The van der Waals surface area contributed by atoms with E-state index in [0.717, 1.165) is 37.6 Å². The molecule has 5 rings (SSSR count). The van der Waals surface area contributed by atoms with E-state index in [0.29, 0.717) is 28.1 Å². The average Bonchev–Trinajstić information content (AvgIpc) is 3.11. The number of nitrogens with one attached hydrogen (secondary N) is 1. The summed E-state index contributed by atoms with van der Waals surface area (Å²) in [5.74, 6) is 0.462. The SMILES string of the molecule is Cc1cn2cc(-c3cc(=O)c4cc(N5CCNCC5)ccc4o3)nc2cn1. The Kier molecular flexibility index (Phi) is 3.68. The Labute approximate surface area is 155 Å². The fourth-order valence-electron chi connectivity index (χ4n) is 3.51. The molecule has 3 aromatic heterocycles. The molecule has 1 fully saturated rings. The van der Waals surface area contributed by atoms with Gasteiger partial charge in [-0.05, 0) is 25.1 Å². The maximum atomic E-state index is 12.7. The van der Waals surface area contributed by atoms with Gasteiger partial charge in [0.1, 0.15) is 11.3 Å². The second kappa shape index (κ2) is 6.21. The van der Waals surface area contributed by atoms with Gasteiger partial charge in [0.2, 0.25) is 0 Å². The van der Waals surface area contributed by atoms with Crippen LogP contribution in [0.3, 0.4) is 0 Å². The summed E-state index contributed by atoms with van der Waals surface area (Å²) < 4.78 is 7.89. The van der Waals surface area contributed by atoms with Crippen molar-refractivity contribution >= 4 is 22.3 Å². The van der Waals surface area contributed by atoms with Crippen LogP contribution in [0.2, 0.25) is 0 Å². The van der Waals surface area contributed by atoms with Crippen LogP contribution in [-0.2, 0) is 0 Å². The summed E-state index contributed by atoms with van der Waals surface area (Å²) in [6, 6.07) is 7.33. The number of aryl methyl sites for hydroxylation is 1. The van der Waals surface area contributed by atoms with Crippen LogP contribution in [0.4, 0.5) is 5.69 Å². The third kappa shape index (κ3) is 2.86. The molecular weight excluding hydrogens is 342 g/mol. The smallest absolute Gasteiger partial charge is 0.193 e. The zero-order chi connectivity index (χ0) is 18.4. The first-order valence-corrected chi connectivity index (χ1v) is 9.03. The first kappa shape index (κ1) is 16.0. The molecule has 0 unspecified atom stereocenters. The third-order valence-electron chi connectivity index (χ3n) is 4.92. The number of fused-ring (bicyclic) bond motifs is 2. The molecule has 0 aliphatic carbocycles. The molecule has 1 saturated heterocycles. The standard InChI is InChI=1S/C20H19N5O2/c1-13-11-25-12-16(23-20(25)10-22-13)19-9-17(26)15-8-14(2-3-18(15)27-19)24-6-4-21-5-7-24/h2-3,8-12,21H,4-7H2,1H3. The number of hydrogen-bond acceptors (Lipinski definition) is 6. The molecule has 4 aromatic rings. The van der Waals surface area contributed by atoms with Crippen LogP contribution in [0, 0.1) is 6.92 Å². The monoisotopic (exact) mass is 361 g/mol. The molecule has 0 amide bonds. The topological polar surface area (TPSA) is 75.7 Å². The highest BCUT2D eigenvalue weighted by Crippen LogP contribution is 2.25. The Morgan fingerprint density at radius 2 is 2.00 bits per heavy atom. The predicted octanol–water partition coefficient (Wildman–Crippen LogP) is 2.22. The van der Waals surface area contributed by atoms with Gasteiger partial charge in [-0.3, -0.25) is 9.78 Å². The molecule has 27 heavy (non-hydrogen) atoms. The van der Waals surface area contributed by atoms with E-state index in [2.05, 4.69) is 20.2 Å². The molecule has 0 bridgehead atoms. The van der Waals surface area contributed by atoms with E-state index in [4.69, 9.17) is 4.42 Å². The summed E-state index contributed by atoms with van der Waals surface area (Å²) in [6.45, 7) is 5.69. The van der Waals surface area contributed by atoms with Gasteiger partial charge in [-0.25, -0.2) is 4.98 Å². The van der Waals surface area contributed by atoms with Gasteiger partial charge < -0.3 is 19.0 Å². The Hall–Kier alpha value is -3.19. The van der Waals surface area contributed by atoms with Crippen LogP contribution in [-0.4, -0.2) is 40.5 Å². The van der Waals surface area contributed by atoms with Gasteiger partial charge in [-0.15, -0.1) is 0 Å². The normalized spacial score (nSPS) is 14.9. The number of benzene rings is 1. The summed E-state index contributed by atoms with van der Waals surface area (Å²) in [5, 5.41) is 3.93. The third-order valence-corrected chi connectivity index (χ3v) is 4.92. The van der Waals surface area contributed by atoms with E-state index in [1.165, 1.54) is 6.07 Å². The number of hydrogen-bond donors (Lipinski definition) is 1. The van der Waals surface area contributed by atoms with Crippen molar-refractivity contribution in [3.05, 3.63) is 58.8 Å². The van der Waals surface area contributed by atoms with Gasteiger partial charge in [-0.2, -0.15) is 0 Å². The number of piperazine rings is 1. The zero-order valence-electron chi connectivity index (χ0n) is 15.0. The van der Waals surface area contributed by atoms with Crippen LogP contribution < -0.4 is 15.6 Å². The number of nitrogens with zero attached hydrogens (tertiary/aromatic N) is 4. The van der Waals surface area contributed by atoms with Crippen LogP contribution in [0.5, 0.6) is 0 Å². The van der Waals surface area contributed by atoms with Gasteiger partial charge in [-0.1, -0.05) is 0 Å². The Morgan fingerprint density at radius 3 is 2.85 bits per heavy atom. The predicted molar refractivity (Wildman–Crippen MR) is 104 cm³/mol. The maximum Gasteiger partial charge on any atom is 0.193 e. The molecule has 7 nitrogen and oxygen atoms in total. The van der Waals surface area contributed by atoms with Gasteiger partial charge in [0.15, 0.2) is 16.8 Å². The van der Waals surface area contributed by atoms with Gasteiger partial charge in [0, 0.05) is 50.3 Å². The zero-order valence-corrected chi connectivity index (χ0v) is 15.0. The summed E-state index contributed by atoms with van der Waals surface area (Å²) >= 11 is 0. The minimum Gasteiger partial charge on any atom is -0.454 e. The maximum absolute atomic E-state index is 12.7. The Balaban J connectivity index is 1.58. The number of anilines is 1. The highest BCUT2D eigenvalue weighted by Gasteiger charge is 2.14. The molecule has 1 N–H and O–H groups in total. The van der Waals surface area contributed by atoms with E-state index in [-0.39, 0.29) is 5.43 Å². The lowest BCUT2D eigenvalue weighted by molar-refractivity contribution is 0.589. The highest BCUT2D eigenvalue weighted by molar-refractivity contribution is 5.82. The van der Waals surface area contributed by atoms with E-state index in [1.54, 1.807) is 6.20 Å². The van der Waals surface area contributed by atoms with Crippen molar-refractivity contribution in [3.63, 3.8) is 0 Å². The summed E-state index contributed by atoms with van der Waals surface area (Å²) in [6.07, 6.45) is 5.45. The molecule has 0 spiro atoms. The fraction of sp³-hybridized carbons (Fsp3) is 0.250. The molecule has 0 atom stereocenters. The van der Waals surface area contributed by atoms with E-state index in [1.807, 2.05) is 41.9 Å². The largest absolute Gasteiger partial charge is 0.454 e. The molecule has 7 heteroatoms. The lowest BCUT2D eigenvalue weighted by Gasteiger charge is -2.29. The average molecular weight is 361 g/mol. The fourth-order valence-corrected chi connectivity index (χ4v) is 3.51. The first-order valence-electron chi connectivity index (χ1n) is 9.03. The highest BCUT2D eigenvalue weighted by atomic mass is 16.3. The minimum atomic E-state index is -0.0606. The second-order valence-corrected chi connectivity index (χ2v) is 6.81. The van der Waals surface area contributed by atoms with Gasteiger partial charge in [0.25, 0.3) is 0 Å². The summed E-state index contributed by atoms with van der Waals surface area (Å²) in [4.78, 5) is 23.8. The van der Waals surface area contributed by atoms with Crippen molar-refractivity contribution in [2.24, 2.45) is 0 Å². The lowest BCUT2D eigenvalue weighted by atomic mass is 10.1. The molecule has 1 aliphatic rings. The van der Waals surface area contributed by atoms with Crippen molar-refractivity contribution < 1.29 is 4.42 Å². The molecule has 4 heterocycles. The lowest BCUT2D eigenvalue weighted by Crippen LogP contribution is -2.43. The summed E-state index contributed by atoms with van der Waals surface area (Å²) in [5.41, 5.74) is 3.79. The molecule has 136 valence electrons. The van der Waals surface area contributed by atoms with Crippen LogP contribution >= 0.6 is 0 Å². The first-order chi connectivity index (χ1) is 13.2. The number of imidazole rings is 1. The summed E-state index contributed by atoms with van der Waals surface area (Å²) in [7, 11) is 0. The van der Waals surface area contributed by atoms with Gasteiger partial charge >= 0.3 is 0 Å². The molecular formula is C20H19N5O2. The van der Waals surface area contributed by atoms with E-state index < -0.39 is 0 Å². The van der Waals surface area contributed by atoms with Crippen LogP contribution in [0.15, 0.2) is 52.1 Å². The molecule has 1 aromatic carbocycles. The molecule has 0 radical (unpaired) electrons. The van der Waals surface area contributed by atoms with E-state index >= 15 is 0 Å². The molecule has 0 saturated carbocycles. The molecule has 1 aliphatic heterocycles. The number of aromatic nitrogens is 3. The van der Waals surface area contributed by atoms with Crippen molar-refractivity contribution in [1.82, 2.24) is 19.7 Å². The van der Waals surface area contributed by atoms with Crippen molar-refractivity contribution in [1.29, 1.82) is 0 Å². The Bertz CT molecular complexity index is 1200. The van der Waals surface area contributed by atoms with Crippen molar-refractivity contribution in [2.75, 3.05) is 31.1 Å². The van der Waals surface area contributed by atoms with Crippen LogP contribution in [0.1, 0.15) is 5.69 Å². The number of rotatable bonds is 2. The quantitative estimate of drug-likeness (QED) is 0.590.